The van der Waals surface area contributed by atoms with Gasteiger partial charge in [0.15, 0.2) is 11.5 Å². The van der Waals surface area contributed by atoms with Crippen LogP contribution >= 0.6 is 0 Å². The van der Waals surface area contributed by atoms with E-state index in [0.29, 0.717) is 0 Å². The van der Waals surface area contributed by atoms with Crippen molar-refractivity contribution in [1.82, 2.24) is 0 Å². The van der Waals surface area contributed by atoms with Gasteiger partial charge >= 0.3 is 5.97 Å². The van der Waals surface area contributed by atoms with Crippen LogP contribution in [0.4, 0.5) is 0 Å². The van der Waals surface area contributed by atoms with Crippen molar-refractivity contribution in [3.63, 3.8) is 0 Å². The van der Waals surface area contributed by atoms with E-state index in [1.807, 2.05) is 0 Å². The molecule has 1 aromatic carbocycles. The summed E-state index contributed by atoms with van der Waals surface area (Å²) in [7, 11) is 0. The number of hydrogen-bond donors (Lipinski definition) is 3. The van der Waals surface area contributed by atoms with Gasteiger partial charge in [-0.3, -0.25) is 0 Å². The smallest absolute Gasteiger partial charge is 0.328 e. The van der Waals surface area contributed by atoms with Crippen LogP contribution in [0.2, 0.25) is 0 Å². The zero-order chi connectivity index (χ0) is 11.4. The predicted molar refractivity (Wildman–Crippen MR) is 51.2 cm³/mol. The zero-order valence-electron chi connectivity index (χ0n) is 7.51. The lowest BCUT2D eigenvalue weighted by Crippen LogP contribution is -1.88. The molecule has 1 aromatic rings. The van der Waals surface area contributed by atoms with Gasteiger partial charge in [0.25, 0.3) is 0 Å². The fourth-order valence-electron chi connectivity index (χ4n) is 1.01. The molecule has 5 heteroatoms. The van der Waals surface area contributed by atoms with Crippen molar-refractivity contribution in [2.75, 3.05) is 0 Å². The molecule has 0 aliphatic rings. The minimum atomic E-state index is -1.16. The number of carboxylic acid groups (broad SMARTS) is 1. The van der Waals surface area contributed by atoms with E-state index in [1.165, 1.54) is 18.2 Å². The molecule has 0 saturated carbocycles. The summed E-state index contributed by atoms with van der Waals surface area (Å²) in [6.07, 6.45) is 2.01. The lowest BCUT2D eigenvalue weighted by atomic mass is 10.1. The maximum Gasteiger partial charge on any atom is 0.328 e. The number of phenolic OH excluding ortho intramolecular Hbond substituents is 2. The number of hydrogen-bond acceptors (Lipinski definition) is 4. The third-order valence-corrected chi connectivity index (χ3v) is 1.71. The SMILES string of the molecule is N#Cc1c(C=CC(=O)O)ccc(O)c1O. The van der Waals surface area contributed by atoms with Crippen LogP contribution in [0.5, 0.6) is 11.5 Å². The molecule has 0 fully saturated rings. The number of carbonyl (C=O) groups is 1. The van der Waals surface area contributed by atoms with E-state index in [4.69, 9.17) is 15.5 Å². The van der Waals surface area contributed by atoms with E-state index in [0.717, 1.165) is 6.08 Å². The molecule has 0 atom stereocenters. The number of rotatable bonds is 2. The molecule has 0 spiro atoms. The van der Waals surface area contributed by atoms with Crippen molar-refractivity contribution < 1.29 is 20.1 Å². The van der Waals surface area contributed by atoms with Gasteiger partial charge in [-0.1, -0.05) is 0 Å². The molecule has 0 aliphatic heterocycles. The molecule has 1 rings (SSSR count). The topological polar surface area (TPSA) is 102 Å². The van der Waals surface area contributed by atoms with Gasteiger partial charge in [-0.15, -0.1) is 0 Å². The Bertz CT molecular complexity index is 471. The molecule has 0 aliphatic carbocycles. The van der Waals surface area contributed by atoms with E-state index in [-0.39, 0.29) is 11.1 Å². The maximum atomic E-state index is 10.2. The highest BCUT2D eigenvalue weighted by Gasteiger charge is 2.09. The molecule has 0 heterocycles. The van der Waals surface area contributed by atoms with Crippen LogP contribution in [0.3, 0.4) is 0 Å². The Hall–Kier alpha value is -2.48. The highest BCUT2D eigenvalue weighted by atomic mass is 16.4. The number of phenols is 2. The summed E-state index contributed by atoms with van der Waals surface area (Å²) >= 11 is 0. The molecule has 0 amide bonds. The third-order valence-electron chi connectivity index (χ3n) is 1.71. The second-order valence-electron chi connectivity index (χ2n) is 2.68. The average Bonchev–Trinajstić information content (AvgIpc) is 2.19. The van der Waals surface area contributed by atoms with Gasteiger partial charge in [-0.2, -0.15) is 5.26 Å². The molecule has 0 aromatic heterocycles. The number of aliphatic carboxylic acids is 1. The first-order chi connectivity index (χ1) is 7.06. The molecular weight excluding hydrogens is 198 g/mol. The van der Waals surface area contributed by atoms with Crippen LogP contribution in [0.1, 0.15) is 11.1 Å². The van der Waals surface area contributed by atoms with Crippen LogP contribution in [0.25, 0.3) is 6.08 Å². The fourth-order valence-corrected chi connectivity index (χ4v) is 1.01. The van der Waals surface area contributed by atoms with E-state index < -0.39 is 17.5 Å². The van der Waals surface area contributed by atoms with Crippen molar-refractivity contribution >= 4 is 12.0 Å². The quantitative estimate of drug-likeness (QED) is 0.495. The van der Waals surface area contributed by atoms with Gasteiger partial charge in [0.2, 0.25) is 0 Å². The predicted octanol–water partition coefficient (Wildman–Crippen LogP) is 1.07. The van der Waals surface area contributed by atoms with Crippen molar-refractivity contribution in [3.8, 4) is 17.6 Å². The number of aromatic hydroxyl groups is 2. The second kappa shape index (κ2) is 4.15. The van der Waals surface area contributed by atoms with Crippen LogP contribution in [0.15, 0.2) is 18.2 Å². The molecular formula is C10H7NO4. The zero-order valence-corrected chi connectivity index (χ0v) is 7.51. The number of benzene rings is 1. The molecule has 3 N–H and O–H groups in total. The van der Waals surface area contributed by atoms with Gasteiger partial charge in [-0.25, -0.2) is 4.79 Å². The highest BCUT2D eigenvalue weighted by Crippen LogP contribution is 2.31. The number of carboxylic acids is 1. The third kappa shape index (κ3) is 2.25. The van der Waals surface area contributed by atoms with Crippen LogP contribution in [-0.4, -0.2) is 21.3 Å². The molecule has 0 saturated heterocycles. The standard InChI is InChI=1S/C10H7NO4/c11-5-7-6(2-4-9(13)14)1-3-8(12)10(7)15/h1-4,12,15H,(H,13,14). The van der Waals surface area contributed by atoms with Crippen LogP contribution in [-0.2, 0) is 4.79 Å². The Kier molecular flexibility index (Phi) is 2.94. The van der Waals surface area contributed by atoms with Crippen molar-refractivity contribution in [1.29, 1.82) is 5.26 Å². The molecule has 0 radical (unpaired) electrons. The highest BCUT2D eigenvalue weighted by molar-refractivity contribution is 5.86. The Labute approximate surface area is 85.1 Å². The van der Waals surface area contributed by atoms with Crippen LogP contribution in [0, 0.1) is 11.3 Å². The van der Waals surface area contributed by atoms with Gasteiger partial charge in [0, 0.05) is 6.08 Å². The largest absolute Gasteiger partial charge is 0.504 e. The summed E-state index contributed by atoms with van der Waals surface area (Å²) in [5, 5.41) is 35.4. The van der Waals surface area contributed by atoms with Gasteiger partial charge in [-0.05, 0) is 23.8 Å². The lowest BCUT2D eigenvalue weighted by molar-refractivity contribution is -0.131. The van der Waals surface area contributed by atoms with Crippen molar-refractivity contribution in [3.05, 3.63) is 29.3 Å². The van der Waals surface area contributed by atoms with Gasteiger partial charge in [0.05, 0.1) is 0 Å². The minimum absolute atomic E-state index is 0.160. The minimum Gasteiger partial charge on any atom is -0.504 e. The maximum absolute atomic E-state index is 10.2. The van der Waals surface area contributed by atoms with Crippen LogP contribution < -0.4 is 0 Å². The second-order valence-corrected chi connectivity index (χ2v) is 2.68. The lowest BCUT2D eigenvalue weighted by Gasteiger charge is -2.02. The monoisotopic (exact) mass is 205 g/mol. The molecule has 76 valence electrons. The van der Waals surface area contributed by atoms with Gasteiger partial charge < -0.3 is 15.3 Å². The van der Waals surface area contributed by atoms with Gasteiger partial charge in [0.1, 0.15) is 11.6 Å². The van der Waals surface area contributed by atoms with E-state index in [9.17, 15) is 9.90 Å². The summed E-state index contributed by atoms with van der Waals surface area (Å²) < 4.78 is 0. The summed E-state index contributed by atoms with van der Waals surface area (Å²) in [4.78, 5) is 10.2. The first-order valence-electron chi connectivity index (χ1n) is 3.92. The Morgan fingerprint density at radius 1 is 1.40 bits per heavy atom. The van der Waals surface area contributed by atoms with E-state index in [1.54, 1.807) is 6.07 Å². The van der Waals surface area contributed by atoms with E-state index >= 15 is 0 Å². The van der Waals surface area contributed by atoms with Crippen molar-refractivity contribution in [2.45, 2.75) is 0 Å². The van der Waals surface area contributed by atoms with Crippen molar-refractivity contribution in [2.24, 2.45) is 0 Å². The summed E-state index contributed by atoms with van der Waals surface area (Å²) in [5.41, 5.74) is 0.0719. The fraction of sp³-hybridized carbons (Fsp3) is 0. The number of nitrogens with zero attached hydrogens (tertiary/aromatic N) is 1. The summed E-state index contributed by atoms with van der Waals surface area (Å²) in [5.74, 6) is -2.13. The first kappa shape index (κ1) is 10.6. The Morgan fingerprint density at radius 2 is 2.07 bits per heavy atom. The average molecular weight is 205 g/mol. The molecule has 0 unspecified atom stereocenters. The summed E-state index contributed by atoms with van der Waals surface area (Å²) in [6.45, 7) is 0. The van der Waals surface area contributed by atoms with E-state index in [2.05, 4.69) is 0 Å². The summed E-state index contributed by atoms with van der Waals surface area (Å²) in [6, 6.07) is 4.19. The Balaban J connectivity index is 3.27. The molecule has 5 nitrogen and oxygen atoms in total. The molecule has 0 bridgehead atoms. The number of nitriles is 1. The first-order valence-corrected chi connectivity index (χ1v) is 3.92. The Morgan fingerprint density at radius 3 is 2.60 bits per heavy atom. The molecule has 15 heavy (non-hydrogen) atoms. The normalized spacial score (nSPS) is 10.1.